The maximum atomic E-state index is 10.7. The van der Waals surface area contributed by atoms with Crippen LogP contribution in [-0.2, 0) is 25.6 Å². The highest BCUT2D eigenvalue weighted by atomic mass is 16.7. The zero-order chi connectivity index (χ0) is 17.9. The van der Waals surface area contributed by atoms with Crippen LogP contribution in [0.4, 0.5) is 0 Å². The molecule has 2 fully saturated rings. The first-order chi connectivity index (χ1) is 12.7. The highest BCUT2D eigenvalue weighted by molar-refractivity contribution is 5.17. The van der Waals surface area contributed by atoms with E-state index in [4.69, 9.17) is 18.9 Å². The summed E-state index contributed by atoms with van der Waals surface area (Å²) in [5.41, 5.74) is 6.00. The van der Waals surface area contributed by atoms with Gasteiger partial charge in [0.25, 0.3) is 0 Å². The van der Waals surface area contributed by atoms with Crippen LogP contribution in [-0.4, -0.2) is 42.4 Å². The molecule has 2 saturated heterocycles. The van der Waals surface area contributed by atoms with Crippen molar-refractivity contribution < 1.29 is 29.8 Å². The van der Waals surface area contributed by atoms with E-state index in [1.54, 1.807) is 0 Å². The molecule has 138 valence electrons. The molecule has 0 aromatic heterocycles. The first-order valence-corrected chi connectivity index (χ1v) is 8.86. The lowest BCUT2D eigenvalue weighted by molar-refractivity contribution is -0.510. The second-order valence-corrected chi connectivity index (χ2v) is 6.67. The minimum atomic E-state index is -0.787. The Bertz CT molecular complexity index is 696. The molecule has 4 N–H and O–H groups in total. The second kappa shape index (κ2) is 7.84. The number of hydrogen-bond acceptors (Lipinski definition) is 5. The van der Waals surface area contributed by atoms with Gasteiger partial charge in [0, 0.05) is 5.56 Å². The van der Waals surface area contributed by atoms with Gasteiger partial charge in [0.05, 0.1) is 13.2 Å². The fourth-order valence-corrected chi connectivity index (χ4v) is 3.34. The van der Waals surface area contributed by atoms with E-state index in [-0.39, 0.29) is 6.10 Å². The maximum absolute atomic E-state index is 10.7. The molecular weight excluding hydrogens is 334 g/mol. The van der Waals surface area contributed by atoms with Crippen molar-refractivity contribution in [3.05, 3.63) is 71.8 Å². The molecule has 0 bridgehead atoms. The third-order valence-electron chi connectivity index (χ3n) is 4.82. The Morgan fingerprint density at radius 1 is 1.00 bits per heavy atom. The summed E-state index contributed by atoms with van der Waals surface area (Å²) in [5.74, 6) is 0. The molecule has 6 heteroatoms. The van der Waals surface area contributed by atoms with Crippen molar-refractivity contribution in [2.45, 2.75) is 43.5 Å². The normalized spacial score (nSPS) is 34.2. The number of fused-ring (bicyclic) bond motifs is 1. The first kappa shape index (κ1) is 17.6. The molecular formula is C20H24NO5+. The average Bonchev–Trinajstić information content (AvgIpc) is 2.71. The monoisotopic (exact) mass is 358 g/mol. The van der Waals surface area contributed by atoms with E-state index in [0.29, 0.717) is 13.2 Å². The van der Waals surface area contributed by atoms with Gasteiger partial charge in [-0.2, -0.15) is 0 Å². The first-order valence-electron chi connectivity index (χ1n) is 8.86. The summed E-state index contributed by atoms with van der Waals surface area (Å²) in [6.07, 6.45) is -2.78. The highest BCUT2D eigenvalue weighted by Gasteiger charge is 2.50. The molecule has 2 aliphatic rings. The van der Waals surface area contributed by atoms with Crippen molar-refractivity contribution in [3.63, 3.8) is 0 Å². The van der Waals surface area contributed by atoms with Crippen LogP contribution >= 0.6 is 0 Å². The van der Waals surface area contributed by atoms with E-state index in [1.165, 1.54) is 0 Å². The molecule has 0 unspecified atom stereocenters. The summed E-state index contributed by atoms with van der Waals surface area (Å²) in [4.78, 5) is 0. The number of hydrogen-bond donors (Lipinski definition) is 2. The van der Waals surface area contributed by atoms with Crippen molar-refractivity contribution in [1.29, 1.82) is 0 Å². The van der Waals surface area contributed by atoms with Gasteiger partial charge < -0.3 is 29.8 Å². The number of benzene rings is 2. The molecule has 2 aromatic carbocycles. The van der Waals surface area contributed by atoms with Gasteiger partial charge in [-0.25, -0.2) is 0 Å². The SMILES string of the molecule is [NH3+][C@H]1[C@@H](OCc2ccccc2)O[C@@H]2CO[C@@H](c3ccccc3)O[C@H]2[C@H]1O. The summed E-state index contributed by atoms with van der Waals surface area (Å²) in [6, 6.07) is 19.1. The summed E-state index contributed by atoms with van der Waals surface area (Å²) in [6.45, 7) is 0.731. The molecule has 6 nitrogen and oxygen atoms in total. The molecule has 2 heterocycles. The van der Waals surface area contributed by atoms with Crippen LogP contribution < -0.4 is 5.73 Å². The zero-order valence-corrected chi connectivity index (χ0v) is 14.4. The van der Waals surface area contributed by atoms with Gasteiger partial charge in [-0.3, -0.25) is 0 Å². The molecule has 0 radical (unpaired) electrons. The fourth-order valence-electron chi connectivity index (χ4n) is 3.34. The van der Waals surface area contributed by atoms with Gasteiger partial charge in [0.15, 0.2) is 12.3 Å². The van der Waals surface area contributed by atoms with E-state index in [9.17, 15) is 5.11 Å². The Labute approximate surface area is 152 Å². The average molecular weight is 358 g/mol. The van der Waals surface area contributed by atoms with Crippen LogP contribution in [0.3, 0.4) is 0 Å². The van der Waals surface area contributed by atoms with E-state index in [0.717, 1.165) is 11.1 Å². The Morgan fingerprint density at radius 2 is 1.69 bits per heavy atom. The van der Waals surface area contributed by atoms with Crippen molar-refractivity contribution in [1.82, 2.24) is 0 Å². The molecule has 0 saturated carbocycles. The van der Waals surface area contributed by atoms with Crippen LogP contribution in [0.25, 0.3) is 0 Å². The molecule has 0 aliphatic carbocycles. The van der Waals surface area contributed by atoms with Crippen LogP contribution in [0.15, 0.2) is 60.7 Å². The summed E-state index contributed by atoms with van der Waals surface area (Å²) in [7, 11) is 0. The number of rotatable bonds is 4. The Balaban J connectivity index is 1.40. The topological polar surface area (TPSA) is 84.8 Å². The third kappa shape index (κ3) is 3.66. The molecule has 0 amide bonds. The lowest BCUT2D eigenvalue weighted by Gasteiger charge is -2.45. The smallest absolute Gasteiger partial charge is 0.213 e. The fraction of sp³-hybridized carbons (Fsp3) is 0.400. The summed E-state index contributed by atoms with van der Waals surface area (Å²) < 4.78 is 23.6. The van der Waals surface area contributed by atoms with Crippen LogP contribution in [0.2, 0.25) is 0 Å². The van der Waals surface area contributed by atoms with Crippen molar-refractivity contribution in [3.8, 4) is 0 Å². The molecule has 4 rings (SSSR count). The van der Waals surface area contributed by atoms with Crippen LogP contribution in [0.1, 0.15) is 17.4 Å². The third-order valence-corrected chi connectivity index (χ3v) is 4.82. The minimum Gasteiger partial charge on any atom is -0.384 e. The van der Waals surface area contributed by atoms with E-state index < -0.39 is 30.8 Å². The van der Waals surface area contributed by atoms with Gasteiger partial charge in [-0.05, 0) is 5.56 Å². The van der Waals surface area contributed by atoms with Gasteiger partial charge in [-0.15, -0.1) is 0 Å². The molecule has 6 atom stereocenters. The van der Waals surface area contributed by atoms with E-state index in [2.05, 4.69) is 5.73 Å². The zero-order valence-electron chi connectivity index (χ0n) is 14.4. The number of quaternary nitrogens is 1. The Kier molecular flexibility index (Phi) is 5.31. The molecule has 2 aliphatic heterocycles. The summed E-state index contributed by atoms with van der Waals surface area (Å²) in [5, 5.41) is 10.7. The number of aliphatic hydroxyl groups excluding tert-OH is 1. The molecule has 0 spiro atoms. The van der Waals surface area contributed by atoms with Crippen LogP contribution in [0.5, 0.6) is 0 Å². The maximum Gasteiger partial charge on any atom is 0.213 e. The standard InChI is InChI=1S/C20H23NO5/c21-16-17(22)18-15(12-24-19(26-18)14-9-5-2-6-10-14)25-20(16)23-11-13-7-3-1-4-8-13/h1-10,15-20,22H,11-12,21H2/p+1/t15-,16-,17+,18-,19-,20+/m1/s1. The lowest BCUT2D eigenvalue weighted by Crippen LogP contribution is -2.78. The lowest BCUT2D eigenvalue weighted by atomic mass is 9.96. The predicted octanol–water partition coefficient (Wildman–Crippen LogP) is 1.01. The number of ether oxygens (including phenoxy) is 4. The van der Waals surface area contributed by atoms with Crippen molar-refractivity contribution in [2.75, 3.05) is 6.61 Å². The van der Waals surface area contributed by atoms with Crippen LogP contribution in [0, 0.1) is 0 Å². The molecule has 2 aromatic rings. The predicted molar refractivity (Wildman–Crippen MR) is 92.6 cm³/mol. The van der Waals surface area contributed by atoms with Gasteiger partial charge >= 0.3 is 0 Å². The van der Waals surface area contributed by atoms with Crippen molar-refractivity contribution in [2.24, 2.45) is 0 Å². The van der Waals surface area contributed by atoms with Crippen molar-refractivity contribution >= 4 is 0 Å². The number of aliphatic hydroxyl groups is 1. The van der Waals surface area contributed by atoms with E-state index >= 15 is 0 Å². The Morgan fingerprint density at radius 3 is 2.42 bits per heavy atom. The Hall–Kier alpha value is -1.80. The van der Waals surface area contributed by atoms with E-state index in [1.807, 2.05) is 60.7 Å². The second-order valence-electron chi connectivity index (χ2n) is 6.67. The molecule has 26 heavy (non-hydrogen) atoms. The van der Waals surface area contributed by atoms with Gasteiger partial charge in [0.1, 0.15) is 18.3 Å². The van der Waals surface area contributed by atoms with Gasteiger partial charge in [-0.1, -0.05) is 60.7 Å². The minimum absolute atomic E-state index is 0.333. The largest absolute Gasteiger partial charge is 0.384 e. The summed E-state index contributed by atoms with van der Waals surface area (Å²) >= 11 is 0. The van der Waals surface area contributed by atoms with Gasteiger partial charge in [0.2, 0.25) is 6.29 Å². The highest BCUT2D eigenvalue weighted by Crippen LogP contribution is 2.33. The quantitative estimate of drug-likeness (QED) is 0.852.